The molecule has 2 N–H and O–H groups in total. The normalized spacial score (nSPS) is 9.85. The van der Waals surface area contributed by atoms with Crippen molar-refractivity contribution in [2.75, 3.05) is 19.6 Å². The number of rotatable bonds is 7. The van der Waals surface area contributed by atoms with Crippen LogP contribution in [0, 0.1) is 0 Å². The Morgan fingerprint density at radius 2 is 1.85 bits per heavy atom. The molecule has 0 aliphatic carbocycles. The van der Waals surface area contributed by atoms with Crippen LogP contribution in [0.1, 0.15) is 12.5 Å². The lowest BCUT2D eigenvalue weighted by atomic mass is 10.1. The van der Waals surface area contributed by atoms with Crippen molar-refractivity contribution in [2.24, 2.45) is 0 Å². The minimum atomic E-state index is -1.07. The van der Waals surface area contributed by atoms with E-state index < -0.39 is 11.9 Å². The molecule has 6 heteroatoms. The molecule has 0 unspecified atom stereocenters. The number of carbonyl (C=O) groups is 3. The van der Waals surface area contributed by atoms with Crippen LogP contribution >= 0.6 is 0 Å². The predicted octanol–water partition coefficient (Wildman–Crippen LogP) is 0.278. The second-order valence-corrected chi connectivity index (χ2v) is 4.24. The Balaban J connectivity index is 2.40. The van der Waals surface area contributed by atoms with Crippen molar-refractivity contribution in [1.82, 2.24) is 10.2 Å². The number of carbonyl (C=O) groups excluding carboxylic acids is 2. The first-order valence-corrected chi connectivity index (χ1v) is 6.33. The molecule has 1 aromatic carbocycles. The Hall–Kier alpha value is -2.37. The van der Waals surface area contributed by atoms with Gasteiger partial charge in [-0.1, -0.05) is 30.3 Å². The van der Waals surface area contributed by atoms with Crippen molar-refractivity contribution in [3.8, 4) is 0 Å². The molecule has 6 nitrogen and oxygen atoms in total. The van der Waals surface area contributed by atoms with Gasteiger partial charge >= 0.3 is 5.97 Å². The van der Waals surface area contributed by atoms with E-state index in [9.17, 15) is 14.4 Å². The first-order chi connectivity index (χ1) is 9.52. The average Bonchev–Trinajstić information content (AvgIpc) is 2.43. The molecule has 0 radical (unpaired) electrons. The average molecular weight is 278 g/mol. The van der Waals surface area contributed by atoms with Gasteiger partial charge in [-0.3, -0.25) is 14.4 Å². The van der Waals surface area contributed by atoms with Crippen LogP contribution in [0.2, 0.25) is 0 Å². The molecular formula is C14H18N2O4. The molecule has 0 aliphatic rings. The minimum Gasteiger partial charge on any atom is -0.480 e. The third-order valence-corrected chi connectivity index (χ3v) is 2.70. The predicted molar refractivity (Wildman–Crippen MR) is 73.0 cm³/mol. The lowest BCUT2D eigenvalue weighted by Crippen LogP contribution is -2.42. The molecule has 0 heterocycles. The Morgan fingerprint density at radius 1 is 1.20 bits per heavy atom. The third kappa shape index (κ3) is 5.51. The lowest BCUT2D eigenvalue weighted by Gasteiger charge is -2.18. The Kier molecular flexibility index (Phi) is 6.22. The number of hydrogen-bond acceptors (Lipinski definition) is 3. The molecule has 0 bridgehead atoms. The molecule has 0 saturated heterocycles. The van der Waals surface area contributed by atoms with Gasteiger partial charge in [-0.15, -0.1) is 0 Å². The van der Waals surface area contributed by atoms with Gasteiger partial charge in [0.15, 0.2) is 0 Å². The number of carboxylic acids is 1. The number of amides is 2. The summed E-state index contributed by atoms with van der Waals surface area (Å²) in [5, 5.41) is 11.2. The van der Waals surface area contributed by atoms with Crippen molar-refractivity contribution in [3.05, 3.63) is 35.9 Å². The van der Waals surface area contributed by atoms with Crippen LogP contribution in [0.25, 0.3) is 0 Å². The van der Waals surface area contributed by atoms with E-state index in [2.05, 4.69) is 5.32 Å². The van der Waals surface area contributed by atoms with E-state index in [4.69, 9.17) is 5.11 Å². The van der Waals surface area contributed by atoms with Crippen LogP contribution in [0.5, 0.6) is 0 Å². The quantitative estimate of drug-likeness (QED) is 0.750. The fourth-order valence-electron chi connectivity index (χ4n) is 1.67. The van der Waals surface area contributed by atoms with Crippen LogP contribution in [-0.2, 0) is 20.8 Å². The summed E-state index contributed by atoms with van der Waals surface area (Å²) in [6.45, 7) is 1.43. The summed E-state index contributed by atoms with van der Waals surface area (Å²) in [5.74, 6) is -1.75. The van der Waals surface area contributed by atoms with Gasteiger partial charge in [0.25, 0.3) is 0 Å². The van der Waals surface area contributed by atoms with Crippen molar-refractivity contribution in [1.29, 1.82) is 0 Å². The zero-order valence-electron chi connectivity index (χ0n) is 11.3. The summed E-state index contributed by atoms with van der Waals surface area (Å²) in [6.07, 6.45) is 0.194. The Labute approximate surface area is 117 Å². The van der Waals surface area contributed by atoms with Crippen LogP contribution < -0.4 is 5.32 Å². The maximum Gasteiger partial charge on any atom is 0.323 e. The van der Waals surface area contributed by atoms with Gasteiger partial charge in [0, 0.05) is 6.54 Å². The van der Waals surface area contributed by atoms with E-state index >= 15 is 0 Å². The molecule has 0 aromatic heterocycles. The van der Waals surface area contributed by atoms with Gasteiger partial charge in [0.1, 0.15) is 6.54 Å². The smallest absolute Gasteiger partial charge is 0.323 e. The summed E-state index contributed by atoms with van der Waals surface area (Å²) in [6, 6.07) is 9.17. The van der Waals surface area contributed by atoms with Crippen molar-refractivity contribution in [3.63, 3.8) is 0 Å². The van der Waals surface area contributed by atoms with E-state index in [1.54, 1.807) is 6.92 Å². The SMILES string of the molecule is CCN(CC(=O)O)C(=O)CNC(=O)Cc1ccccc1. The topological polar surface area (TPSA) is 86.7 Å². The van der Waals surface area contributed by atoms with Crippen molar-refractivity contribution in [2.45, 2.75) is 13.3 Å². The molecule has 0 fully saturated rings. The second-order valence-electron chi connectivity index (χ2n) is 4.24. The standard InChI is InChI=1S/C14H18N2O4/c1-2-16(10-14(19)20)13(18)9-15-12(17)8-11-6-4-3-5-7-11/h3-7H,2,8-10H2,1H3,(H,15,17)(H,19,20). The number of hydrogen-bond donors (Lipinski definition) is 2. The number of nitrogens with one attached hydrogen (secondary N) is 1. The zero-order valence-corrected chi connectivity index (χ0v) is 11.3. The number of benzene rings is 1. The molecular weight excluding hydrogens is 260 g/mol. The molecule has 1 aromatic rings. The van der Waals surface area contributed by atoms with Crippen molar-refractivity contribution >= 4 is 17.8 Å². The summed E-state index contributed by atoms with van der Waals surface area (Å²) in [7, 11) is 0. The van der Waals surface area contributed by atoms with Gasteiger partial charge in [0.2, 0.25) is 11.8 Å². The summed E-state index contributed by atoms with van der Waals surface area (Å²) < 4.78 is 0. The van der Waals surface area contributed by atoms with Gasteiger partial charge in [-0.2, -0.15) is 0 Å². The molecule has 0 spiro atoms. The lowest BCUT2D eigenvalue weighted by molar-refractivity contribution is -0.144. The van der Waals surface area contributed by atoms with E-state index in [-0.39, 0.29) is 25.4 Å². The molecule has 2 amide bonds. The van der Waals surface area contributed by atoms with E-state index in [0.717, 1.165) is 5.56 Å². The number of nitrogens with zero attached hydrogens (tertiary/aromatic N) is 1. The highest BCUT2D eigenvalue weighted by molar-refractivity contribution is 5.87. The van der Waals surface area contributed by atoms with Gasteiger partial charge in [-0.25, -0.2) is 0 Å². The summed E-state index contributed by atoms with van der Waals surface area (Å²) in [5.41, 5.74) is 0.857. The number of aliphatic carboxylic acids is 1. The maximum atomic E-state index is 11.7. The van der Waals surface area contributed by atoms with E-state index in [1.165, 1.54) is 4.90 Å². The van der Waals surface area contributed by atoms with E-state index in [1.807, 2.05) is 30.3 Å². The fraction of sp³-hybridized carbons (Fsp3) is 0.357. The maximum absolute atomic E-state index is 11.7. The Morgan fingerprint density at radius 3 is 2.40 bits per heavy atom. The molecule has 20 heavy (non-hydrogen) atoms. The zero-order chi connectivity index (χ0) is 15.0. The van der Waals surface area contributed by atoms with E-state index in [0.29, 0.717) is 6.54 Å². The molecule has 1 rings (SSSR count). The largest absolute Gasteiger partial charge is 0.480 e. The highest BCUT2D eigenvalue weighted by Gasteiger charge is 2.15. The highest BCUT2D eigenvalue weighted by Crippen LogP contribution is 1.99. The second kappa shape index (κ2) is 7.93. The van der Waals surface area contributed by atoms with Gasteiger partial charge in [-0.05, 0) is 12.5 Å². The van der Waals surface area contributed by atoms with Gasteiger partial charge < -0.3 is 15.3 Å². The minimum absolute atomic E-state index is 0.188. The molecule has 0 saturated carbocycles. The van der Waals surface area contributed by atoms with Gasteiger partial charge in [0.05, 0.1) is 13.0 Å². The number of carboxylic acid groups (broad SMARTS) is 1. The monoisotopic (exact) mass is 278 g/mol. The van der Waals surface area contributed by atoms with Crippen LogP contribution in [-0.4, -0.2) is 47.4 Å². The molecule has 0 atom stereocenters. The molecule has 108 valence electrons. The van der Waals surface area contributed by atoms with Crippen LogP contribution in [0.3, 0.4) is 0 Å². The third-order valence-electron chi connectivity index (χ3n) is 2.70. The summed E-state index contributed by atoms with van der Waals surface area (Å²) in [4.78, 5) is 35.1. The van der Waals surface area contributed by atoms with Crippen LogP contribution in [0.4, 0.5) is 0 Å². The van der Waals surface area contributed by atoms with Crippen LogP contribution in [0.15, 0.2) is 30.3 Å². The first-order valence-electron chi connectivity index (χ1n) is 6.33. The summed E-state index contributed by atoms with van der Waals surface area (Å²) >= 11 is 0. The molecule has 0 aliphatic heterocycles. The number of likely N-dealkylation sites (N-methyl/N-ethyl adjacent to an activating group) is 1. The highest BCUT2D eigenvalue weighted by atomic mass is 16.4. The first kappa shape index (κ1) is 15.7. The fourth-order valence-corrected chi connectivity index (χ4v) is 1.67. The van der Waals surface area contributed by atoms with Crippen molar-refractivity contribution < 1.29 is 19.5 Å². The Bertz CT molecular complexity index is 473.